The Morgan fingerprint density at radius 3 is 2.57 bits per heavy atom. The lowest BCUT2D eigenvalue weighted by Crippen LogP contribution is -2.05. The highest BCUT2D eigenvalue weighted by Gasteiger charge is 2.12. The van der Waals surface area contributed by atoms with Gasteiger partial charge in [0.25, 0.3) is 0 Å². The van der Waals surface area contributed by atoms with Gasteiger partial charge >= 0.3 is 0 Å². The molecule has 1 N–H and O–H groups in total. The van der Waals surface area contributed by atoms with E-state index in [0.717, 1.165) is 40.9 Å². The number of hydrogen-bond donors (Lipinski definition) is 2. The molecule has 4 rings (SSSR count). The van der Waals surface area contributed by atoms with Gasteiger partial charge in [0.2, 0.25) is 11.6 Å². The van der Waals surface area contributed by atoms with E-state index in [2.05, 4.69) is 85.5 Å². The van der Waals surface area contributed by atoms with Crippen molar-refractivity contribution in [1.82, 2.24) is 35.4 Å². The maximum Gasteiger partial charge on any atom is 0.205 e. The second kappa shape index (κ2) is 9.37. The van der Waals surface area contributed by atoms with Crippen molar-refractivity contribution < 1.29 is 0 Å². The number of H-pyrrole nitrogens is 1. The molecule has 7 nitrogen and oxygen atoms in total. The van der Waals surface area contributed by atoms with Gasteiger partial charge in [-0.3, -0.25) is 0 Å². The predicted molar refractivity (Wildman–Crippen MR) is 119 cm³/mol. The molecule has 8 heteroatoms. The SMILES string of the molecule is CCC#Cc1nc(CCS)nn1Cc1ccc(-c2ccccc2-c2nn[nH]n2)cc1. The zero-order chi connectivity index (χ0) is 20.8. The van der Waals surface area contributed by atoms with E-state index >= 15 is 0 Å². The van der Waals surface area contributed by atoms with Gasteiger partial charge in [-0.15, -0.1) is 10.2 Å². The van der Waals surface area contributed by atoms with E-state index in [1.807, 2.05) is 29.8 Å². The van der Waals surface area contributed by atoms with E-state index in [9.17, 15) is 0 Å². The summed E-state index contributed by atoms with van der Waals surface area (Å²) >= 11 is 4.28. The summed E-state index contributed by atoms with van der Waals surface area (Å²) in [6.45, 7) is 2.63. The molecule has 0 aliphatic heterocycles. The first-order valence-electron chi connectivity index (χ1n) is 9.74. The average molecular weight is 416 g/mol. The van der Waals surface area contributed by atoms with E-state index in [1.54, 1.807) is 0 Å². The average Bonchev–Trinajstić information content (AvgIpc) is 3.44. The van der Waals surface area contributed by atoms with E-state index in [-0.39, 0.29) is 0 Å². The smallest absolute Gasteiger partial charge is 0.205 e. The fraction of sp³-hybridized carbons (Fsp3) is 0.227. The second-order valence-electron chi connectivity index (χ2n) is 6.62. The minimum Gasteiger partial charge on any atom is -0.234 e. The summed E-state index contributed by atoms with van der Waals surface area (Å²) in [5.41, 5.74) is 4.19. The van der Waals surface area contributed by atoms with Crippen LogP contribution in [0, 0.1) is 11.8 Å². The topological polar surface area (TPSA) is 85.2 Å². The molecule has 0 atom stereocenters. The molecule has 0 saturated carbocycles. The largest absolute Gasteiger partial charge is 0.234 e. The second-order valence-corrected chi connectivity index (χ2v) is 7.06. The maximum absolute atomic E-state index is 4.60. The Morgan fingerprint density at radius 1 is 1.07 bits per heavy atom. The van der Waals surface area contributed by atoms with Gasteiger partial charge in [-0.25, -0.2) is 9.67 Å². The van der Waals surface area contributed by atoms with E-state index in [4.69, 9.17) is 0 Å². The van der Waals surface area contributed by atoms with Crippen LogP contribution >= 0.6 is 12.6 Å². The van der Waals surface area contributed by atoms with Crippen LogP contribution in [0.1, 0.15) is 30.6 Å². The zero-order valence-corrected chi connectivity index (χ0v) is 17.5. The number of tetrazole rings is 1. The van der Waals surface area contributed by atoms with Crippen molar-refractivity contribution in [1.29, 1.82) is 0 Å². The number of thiol groups is 1. The number of nitrogens with one attached hydrogen (secondary N) is 1. The van der Waals surface area contributed by atoms with Crippen molar-refractivity contribution >= 4 is 12.6 Å². The van der Waals surface area contributed by atoms with Crippen LogP contribution < -0.4 is 0 Å². The predicted octanol–water partition coefficient (Wildman–Crippen LogP) is 3.41. The van der Waals surface area contributed by atoms with Crippen LogP contribution in [0.3, 0.4) is 0 Å². The third kappa shape index (κ3) is 4.42. The Hall–Kier alpha value is -3.44. The van der Waals surface area contributed by atoms with Crippen LogP contribution in [0.25, 0.3) is 22.5 Å². The Labute approximate surface area is 180 Å². The van der Waals surface area contributed by atoms with Gasteiger partial charge in [-0.2, -0.15) is 22.9 Å². The first kappa shape index (κ1) is 19.9. The Morgan fingerprint density at radius 2 is 1.87 bits per heavy atom. The number of aromatic amines is 1. The zero-order valence-electron chi connectivity index (χ0n) is 16.6. The number of hydrogen-bond acceptors (Lipinski definition) is 6. The van der Waals surface area contributed by atoms with Crippen LogP contribution in [0.4, 0.5) is 0 Å². The van der Waals surface area contributed by atoms with Crippen molar-refractivity contribution in [3.63, 3.8) is 0 Å². The van der Waals surface area contributed by atoms with Crippen molar-refractivity contribution in [3.8, 4) is 34.4 Å². The molecule has 0 radical (unpaired) electrons. The van der Waals surface area contributed by atoms with Crippen molar-refractivity contribution in [2.24, 2.45) is 0 Å². The van der Waals surface area contributed by atoms with Crippen LogP contribution in [0.2, 0.25) is 0 Å². The first-order chi connectivity index (χ1) is 14.8. The van der Waals surface area contributed by atoms with Crippen LogP contribution in [0.15, 0.2) is 48.5 Å². The highest BCUT2D eigenvalue weighted by atomic mass is 32.1. The lowest BCUT2D eigenvalue weighted by Gasteiger charge is -2.08. The van der Waals surface area contributed by atoms with Crippen molar-refractivity contribution in [2.75, 3.05) is 5.75 Å². The molecular formula is C22H21N7S. The summed E-state index contributed by atoms with van der Waals surface area (Å²) in [4.78, 5) is 4.55. The van der Waals surface area contributed by atoms with Gasteiger partial charge < -0.3 is 0 Å². The minimum absolute atomic E-state index is 0.577. The lowest BCUT2D eigenvalue weighted by molar-refractivity contribution is 0.666. The molecule has 4 aromatic rings. The van der Waals surface area contributed by atoms with Gasteiger partial charge in [0.05, 0.1) is 6.54 Å². The summed E-state index contributed by atoms with van der Waals surface area (Å²) in [7, 11) is 0. The molecule has 0 amide bonds. The van der Waals surface area contributed by atoms with E-state index in [0.29, 0.717) is 23.9 Å². The monoisotopic (exact) mass is 415 g/mol. The third-order valence-corrected chi connectivity index (χ3v) is 4.76. The molecule has 0 unspecified atom stereocenters. The summed E-state index contributed by atoms with van der Waals surface area (Å²) in [5.74, 6) is 8.95. The van der Waals surface area contributed by atoms with Gasteiger partial charge in [-0.05, 0) is 33.6 Å². The molecule has 0 fully saturated rings. The van der Waals surface area contributed by atoms with Crippen LogP contribution in [0.5, 0.6) is 0 Å². The molecule has 150 valence electrons. The molecule has 2 heterocycles. The first-order valence-corrected chi connectivity index (χ1v) is 10.4. The molecule has 2 aromatic carbocycles. The van der Waals surface area contributed by atoms with Gasteiger partial charge in [0.1, 0.15) is 0 Å². The normalized spacial score (nSPS) is 10.6. The Kier molecular flexibility index (Phi) is 6.20. The summed E-state index contributed by atoms with van der Waals surface area (Å²) in [6, 6.07) is 16.4. The summed E-state index contributed by atoms with van der Waals surface area (Å²) < 4.78 is 1.86. The Bertz CT molecular complexity index is 1170. The van der Waals surface area contributed by atoms with Gasteiger partial charge in [0, 0.05) is 18.4 Å². The quantitative estimate of drug-likeness (QED) is 0.372. The maximum atomic E-state index is 4.60. The standard InChI is InChI=1S/C22H21N7S/c1-2-3-8-21-23-20(13-14-30)26-29(21)15-16-9-11-17(12-10-16)18-6-4-5-7-19(18)22-24-27-28-25-22/h4-7,9-12,30H,2,13-15H2,1H3,(H,24,25,27,28). The number of nitrogens with zero attached hydrogens (tertiary/aromatic N) is 6. The highest BCUT2D eigenvalue weighted by molar-refractivity contribution is 7.80. The molecule has 30 heavy (non-hydrogen) atoms. The molecule has 0 aliphatic rings. The van der Waals surface area contributed by atoms with E-state index in [1.165, 1.54) is 0 Å². The third-order valence-electron chi connectivity index (χ3n) is 4.54. The van der Waals surface area contributed by atoms with Crippen molar-refractivity contribution in [2.45, 2.75) is 26.3 Å². The fourth-order valence-corrected chi connectivity index (χ4v) is 3.33. The van der Waals surface area contributed by atoms with Crippen LogP contribution in [-0.4, -0.2) is 41.1 Å². The number of aromatic nitrogens is 7. The molecular weight excluding hydrogens is 394 g/mol. The van der Waals surface area contributed by atoms with E-state index < -0.39 is 0 Å². The number of benzene rings is 2. The number of rotatable bonds is 6. The molecule has 0 saturated heterocycles. The molecule has 0 spiro atoms. The van der Waals surface area contributed by atoms with Gasteiger partial charge in [0.15, 0.2) is 5.82 Å². The number of aryl methyl sites for hydroxylation is 1. The molecule has 2 aromatic heterocycles. The summed E-state index contributed by atoms with van der Waals surface area (Å²) in [6.07, 6.45) is 1.51. The minimum atomic E-state index is 0.577. The van der Waals surface area contributed by atoms with Crippen molar-refractivity contribution in [3.05, 3.63) is 65.7 Å². The highest BCUT2D eigenvalue weighted by Crippen LogP contribution is 2.29. The lowest BCUT2D eigenvalue weighted by atomic mass is 9.98. The fourth-order valence-electron chi connectivity index (χ4n) is 3.13. The van der Waals surface area contributed by atoms with Gasteiger partial charge in [-0.1, -0.05) is 61.4 Å². The molecule has 0 bridgehead atoms. The van der Waals surface area contributed by atoms with Crippen LogP contribution in [-0.2, 0) is 13.0 Å². The Balaban J connectivity index is 1.60. The summed E-state index contributed by atoms with van der Waals surface area (Å²) in [5, 5.41) is 19.0. The molecule has 0 aliphatic carbocycles.